The molecule has 0 atom stereocenters. The quantitative estimate of drug-likeness (QED) is 0.728. The van der Waals surface area contributed by atoms with Gasteiger partial charge in [-0.25, -0.2) is 4.39 Å². The fourth-order valence-electron chi connectivity index (χ4n) is 1.60. The van der Waals surface area contributed by atoms with Gasteiger partial charge in [0, 0.05) is 12.6 Å². The second-order valence-corrected chi connectivity index (χ2v) is 4.65. The summed E-state index contributed by atoms with van der Waals surface area (Å²) < 4.78 is 13.2. The second-order valence-electron chi connectivity index (χ2n) is 4.65. The molecule has 2 nitrogen and oxygen atoms in total. The molecule has 0 saturated carbocycles. The van der Waals surface area contributed by atoms with E-state index in [1.54, 1.807) is 13.8 Å². The molecule has 1 rings (SSSR count). The van der Waals surface area contributed by atoms with E-state index in [2.05, 4.69) is 4.90 Å². The van der Waals surface area contributed by atoms with Crippen LogP contribution in [0.15, 0.2) is 0 Å². The fraction of sp³-hybridized carbons (Fsp3) is 1.00. The Hall–Kier alpha value is -0.150. The smallest absolute Gasteiger partial charge is 0.106 e. The van der Waals surface area contributed by atoms with Gasteiger partial charge >= 0.3 is 0 Å². The van der Waals surface area contributed by atoms with Gasteiger partial charge in [-0.15, -0.1) is 0 Å². The molecule has 1 heterocycles. The highest BCUT2D eigenvalue weighted by Crippen LogP contribution is 2.16. The normalized spacial score (nSPS) is 22.2. The summed E-state index contributed by atoms with van der Waals surface area (Å²) in [5.74, 6) is 0. The van der Waals surface area contributed by atoms with Gasteiger partial charge in [-0.3, -0.25) is 0 Å². The molecule has 0 amide bonds. The van der Waals surface area contributed by atoms with Gasteiger partial charge in [0.1, 0.15) is 5.67 Å². The van der Waals surface area contributed by atoms with E-state index in [0.29, 0.717) is 12.5 Å². The molecule has 0 spiro atoms. The molecule has 0 radical (unpaired) electrons. The lowest BCUT2D eigenvalue weighted by atomic mass is 10.0. The Labute approximate surface area is 80.3 Å². The maximum absolute atomic E-state index is 13.2. The number of rotatable bonds is 3. The Morgan fingerprint density at radius 3 is 2.38 bits per heavy atom. The lowest BCUT2D eigenvalue weighted by Crippen LogP contribution is -2.41. The zero-order valence-corrected chi connectivity index (χ0v) is 8.72. The van der Waals surface area contributed by atoms with Crippen LogP contribution in [0.25, 0.3) is 0 Å². The first-order valence-corrected chi connectivity index (χ1v) is 5.14. The van der Waals surface area contributed by atoms with Crippen molar-refractivity contribution in [2.45, 2.75) is 44.8 Å². The predicted octanol–water partition coefficient (Wildman–Crippen LogP) is 1.55. The zero-order chi connectivity index (χ0) is 9.90. The average molecular weight is 188 g/mol. The van der Waals surface area contributed by atoms with E-state index < -0.39 is 5.67 Å². The molecule has 0 bridgehead atoms. The third-order valence-electron chi connectivity index (χ3n) is 2.65. The Balaban J connectivity index is 2.16. The van der Waals surface area contributed by atoms with Crippen LogP contribution in [0.5, 0.6) is 0 Å². The van der Waals surface area contributed by atoms with Crippen LogP contribution in [-0.2, 0) is 0 Å². The number of likely N-dealkylation sites (tertiary alicyclic amines) is 1. The molecule has 3 heteroatoms. The Morgan fingerprint density at radius 2 is 1.92 bits per heavy atom. The predicted molar refractivity (Wildman–Crippen MR) is 53.5 cm³/mol. The topological polar surface area (TPSA) is 29.3 Å². The van der Waals surface area contributed by atoms with Crippen molar-refractivity contribution in [3.63, 3.8) is 0 Å². The van der Waals surface area contributed by atoms with Crippen molar-refractivity contribution in [1.29, 1.82) is 0 Å². The first-order valence-electron chi connectivity index (χ1n) is 5.14. The van der Waals surface area contributed by atoms with Crippen LogP contribution in [-0.4, -0.2) is 36.2 Å². The van der Waals surface area contributed by atoms with E-state index in [0.717, 1.165) is 32.5 Å². The maximum Gasteiger partial charge on any atom is 0.106 e. The fourth-order valence-corrected chi connectivity index (χ4v) is 1.60. The number of piperidine rings is 1. The highest BCUT2D eigenvalue weighted by atomic mass is 19.1. The minimum atomic E-state index is -1.03. The van der Waals surface area contributed by atoms with E-state index in [1.165, 1.54) is 0 Å². The van der Waals surface area contributed by atoms with Gasteiger partial charge in [0.25, 0.3) is 0 Å². The number of halogens is 1. The number of nitrogens with zero attached hydrogens (tertiary/aromatic N) is 1. The molecular formula is C10H21FN2. The number of alkyl halides is 1. The van der Waals surface area contributed by atoms with Crippen molar-refractivity contribution in [3.05, 3.63) is 0 Å². The molecule has 1 aliphatic heterocycles. The first-order chi connectivity index (χ1) is 5.97. The molecule has 1 saturated heterocycles. The van der Waals surface area contributed by atoms with Crippen LogP contribution in [0.4, 0.5) is 4.39 Å². The van der Waals surface area contributed by atoms with E-state index in [1.807, 2.05) is 0 Å². The van der Waals surface area contributed by atoms with Crippen molar-refractivity contribution in [2.24, 2.45) is 5.73 Å². The molecule has 0 aliphatic carbocycles. The number of hydrogen-bond donors (Lipinski definition) is 1. The van der Waals surface area contributed by atoms with Crippen molar-refractivity contribution < 1.29 is 4.39 Å². The molecule has 0 aromatic carbocycles. The summed E-state index contributed by atoms with van der Waals surface area (Å²) in [7, 11) is 0. The standard InChI is InChI=1S/C10H21FN2/c1-10(2,11)5-8-13-6-3-9(12)4-7-13/h9H,3-8,12H2,1-2H3. The molecule has 13 heavy (non-hydrogen) atoms. The molecular weight excluding hydrogens is 167 g/mol. The largest absolute Gasteiger partial charge is 0.328 e. The van der Waals surface area contributed by atoms with Gasteiger partial charge in [0.05, 0.1) is 0 Å². The highest BCUT2D eigenvalue weighted by molar-refractivity contribution is 4.76. The van der Waals surface area contributed by atoms with Crippen molar-refractivity contribution in [2.75, 3.05) is 19.6 Å². The molecule has 0 unspecified atom stereocenters. The zero-order valence-electron chi connectivity index (χ0n) is 8.72. The van der Waals surface area contributed by atoms with Gasteiger partial charge in [-0.2, -0.15) is 0 Å². The SMILES string of the molecule is CC(C)(F)CCN1CCC(N)CC1. The van der Waals surface area contributed by atoms with Crippen molar-refractivity contribution in [1.82, 2.24) is 4.90 Å². The summed E-state index contributed by atoms with van der Waals surface area (Å²) in [5, 5.41) is 0. The van der Waals surface area contributed by atoms with Crippen molar-refractivity contribution in [3.8, 4) is 0 Å². The Bertz CT molecular complexity index is 145. The van der Waals surface area contributed by atoms with Crippen LogP contribution in [0.1, 0.15) is 33.1 Å². The number of nitrogens with two attached hydrogens (primary N) is 1. The van der Waals surface area contributed by atoms with Gasteiger partial charge in [0.2, 0.25) is 0 Å². The van der Waals surface area contributed by atoms with Crippen LogP contribution in [0.2, 0.25) is 0 Å². The van der Waals surface area contributed by atoms with E-state index in [4.69, 9.17) is 5.73 Å². The van der Waals surface area contributed by atoms with Crippen molar-refractivity contribution >= 4 is 0 Å². The summed E-state index contributed by atoms with van der Waals surface area (Å²) in [6.07, 6.45) is 2.75. The second kappa shape index (κ2) is 4.38. The van der Waals surface area contributed by atoms with E-state index in [-0.39, 0.29) is 0 Å². The molecule has 1 aliphatic rings. The van der Waals surface area contributed by atoms with Crippen LogP contribution in [0.3, 0.4) is 0 Å². The Morgan fingerprint density at radius 1 is 1.38 bits per heavy atom. The minimum absolute atomic E-state index is 0.370. The molecule has 0 aromatic heterocycles. The lowest BCUT2D eigenvalue weighted by molar-refractivity contribution is 0.144. The summed E-state index contributed by atoms with van der Waals surface area (Å²) in [4.78, 5) is 2.31. The Kier molecular flexibility index (Phi) is 3.68. The minimum Gasteiger partial charge on any atom is -0.328 e. The monoisotopic (exact) mass is 188 g/mol. The first kappa shape index (κ1) is 10.9. The molecule has 1 fully saturated rings. The summed E-state index contributed by atoms with van der Waals surface area (Å²) in [5.41, 5.74) is 4.75. The van der Waals surface area contributed by atoms with E-state index >= 15 is 0 Å². The van der Waals surface area contributed by atoms with Crippen LogP contribution < -0.4 is 5.73 Å². The van der Waals surface area contributed by atoms with Gasteiger partial charge in [-0.05, 0) is 46.2 Å². The van der Waals surface area contributed by atoms with E-state index in [9.17, 15) is 4.39 Å². The van der Waals surface area contributed by atoms with Gasteiger partial charge < -0.3 is 10.6 Å². The summed E-state index contributed by atoms with van der Waals surface area (Å²) in [6.45, 7) is 6.23. The lowest BCUT2D eigenvalue weighted by Gasteiger charge is -2.31. The van der Waals surface area contributed by atoms with Gasteiger partial charge in [-0.1, -0.05) is 0 Å². The van der Waals surface area contributed by atoms with Crippen LogP contribution >= 0.6 is 0 Å². The summed E-state index contributed by atoms with van der Waals surface area (Å²) >= 11 is 0. The average Bonchev–Trinajstić information content (AvgIpc) is 2.02. The van der Waals surface area contributed by atoms with Crippen LogP contribution in [0, 0.1) is 0 Å². The number of hydrogen-bond acceptors (Lipinski definition) is 2. The maximum atomic E-state index is 13.2. The molecule has 0 aromatic rings. The van der Waals surface area contributed by atoms with Gasteiger partial charge in [0.15, 0.2) is 0 Å². The third-order valence-corrected chi connectivity index (χ3v) is 2.65. The third kappa shape index (κ3) is 4.58. The molecule has 78 valence electrons. The highest BCUT2D eigenvalue weighted by Gasteiger charge is 2.20. The summed E-state index contributed by atoms with van der Waals surface area (Å²) in [6, 6.07) is 0.370. The molecule has 2 N–H and O–H groups in total.